The number of aromatic nitrogens is 4. The Bertz CT molecular complexity index is 1060. The van der Waals surface area contributed by atoms with Crippen LogP contribution in [0.3, 0.4) is 0 Å². The van der Waals surface area contributed by atoms with Gasteiger partial charge in [-0.05, 0) is 46.2 Å². The van der Waals surface area contributed by atoms with Gasteiger partial charge in [0.1, 0.15) is 16.9 Å². The van der Waals surface area contributed by atoms with Gasteiger partial charge in [0.05, 0.1) is 22.5 Å². The summed E-state index contributed by atoms with van der Waals surface area (Å²) in [5, 5.41) is 0.535. The Hall–Kier alpha value is -2.29. The summed E-state index contributed by atoms with van der Waals surface area (Å²) < 4.78 is 16.8. The third kappa shape index (κ3) is 3.94. The van der Waals surface area contributed by atoms with Crippen LogP contribution in [0.15, 0.2) is 35.6 Å². The lowest BCUT2D eigenvalue weighted by Crippen LogP contribution is -2.40. The molecule has 28 heavy (non-hydrogen) atoms. The first-order valence-electron chi connectivity index (χ1n) is 9.04. The van der Waals surface area contributed by atoms with Crippen molar-refractivity contribution in [2.24, 2.45) is 7.05 Å². The number of hydrogen-bond donors (Lipinski definition) is 1. The summed E-state index contributed by atoms with van der Waals surface area (Å²) in [6.45, 7) is 9.62. The van der Waals surface area contributed by atoms with Crippen LogP contribution in [0, 0.1) is 6.92 Å². The standard InChI is InChI=1S/C20H25N5O2S/c1-12-7-15(13(2)24-28(27)20(3,4)5)17-16(8-12)19(26)25(6)18(23-17)14-9-21-11-22-10-14/h7-11,13,24H,1-6H3/t13?,28-/m1/s1. The molecule has 0 fully saturated rings. The maximum absolute atomic E-state index is 13.0. The molecule has 0 aliphatic rings. The summed E-state index contributed by atoms with van der Waals surface area (Å²) in [5.74, 6) is 0.493. The van der Waals surface area contributed by atoms with Gasteiger partial charge in [-0.1, -0.05) is 6.07 Å². The van der Waals surface area contributed by atoms with Gasteiger partial charge in [0, 0.05) is 36.4 Å². The normalized spacial score (nSPS) is 14.2. The van der Waals surface area contributed by atoms with Gasteiger partial charge >= 0.3 is 0 Å². The van der Waals surface area contributed by atoms with E-state index < -0.39 is 16.1 Å². The molecular formula is C20H25N5O2S. The Morgan fingerprint density at radius 3 is 2.46 bits per heavy atom. The number of nitrogens with one attached hydrogen (secondary N) is 1. The van der Waals surface area contributed by atoms with Crippen LogP contribution in [0.4, 0.5) is 0 Å². The molecule has 0 aliphatic heterocycles. The summed E-state index contributed by atoms with van der Waals surface area (Å²) in [4.78, 5) is 25.9. The quantitative estimate of drug-likeness (QED) is 0.678. The Morgan fingerprint density at radius 1 is 1.21 bits per heavy atom. The highest BCUT2D eigenvalue weighted by Gasteiger charge is 2.29. The van der Waals surface area contributed by atoms with Crippen LogP contribution in [0.5, 0.6) is 0 Å². The van der Waals surface area contributed by atoms with Crippen molar-refractivity contribution in [2.45, 2.75) is 45.4 Å². The van der Waals surface area contributed by atoms with Gasteiger partial charge in [-0.3, -0.25) is 9.36 Å². The second-order valence-corrected chi connectivity index (χ2v) is 9.90. The third-order valence-corrected chi connectivity index (χ3v) is 6.16. The monoisotopic (exact) mass is 399 g/mol. The molecule has 8 heteroatoms. The molecule has 3 rings (SSSR count). The van der Waals surface area contributed by atoms with Gasteiger partial charge in [0.2, 0.25) is 0 Å². The summed E-state index contributed by atoms with van der Waals surface area (Å²) >= 11 is -1.25. The van der Waals surface area contributed by atoms with Crippen molar-refractivity contribution >= 4 is 22.3 Å². The summed E-state index contributed by atoms with van der Waals surface area (Å²) in [6, 6.07) is 3.58. The fourth-order valence-electron chi connectivity index (χ4n) is 2.96. The van der Waals surface area contributed by atoms with Crippen molar-refractivity contribution in [1.29, 1.82) is 0 Å². The number of benzene rings is 1. The van der Waals surface area contributed by atoms with Gasteiger partial charge in [-0.25, -0.2) is 15.0 Å². The van der Waals surface area contributed by atoms with Gasteiger partial charge in [0.15, 0.2) is 0 Å². The van der Waals surface area contributed by atoms with Crippen LogP contribution in [0.25, 0.3) is 22.3 Å². The van der Waals surface area contributed by atoms with E-state index in [9.17, 15) is 9.35 Å². The minimum Gasteiger partial charge on any atom is -0.598 e. The summed E-state index contributed by atoms with van der Waals surface area (Å²) in [5.41, 5.74) is 2.90. The van der Waals surface area contributed by atoms with Crippen LogP contribution >= 0.6 is 0 Å². The van der Waals surface area contributed by atoms with E-state index in [1.807, 2.05) is 46.8 Å². The number of fused-ring (bicyclic) bond motifs is 1. The van der Waals surface area contributed by atoms with Crippen molar-refractivity contribution in [3.05, 3.63) is 52.3 Å². The average Bonchev–Trinajstić information content (AvgIpc) is 2.64. The molecule has 1 N–H and O–H groups in total. The lowest BCUT2D eigenvalue weighted by molar-refractivity contribution is 0.531. The smallest absolute Gasteiger partial charge is 0.261 e. The van der Waals surface area contributed by atoms with Gasteiger partial charge in [0.25, 0.3) is 5.56 Å². The van der Waals surface area contributed by atoms with E-state index in [-0.39, 0.29) is 11.6 Å². The molecule has 0 radical (unpaired) electrons. The van der Waals surface area contributed by atoms with Crippen LogP contribution in [-0.4, -0.2) is 28.8 Å². The van der Waals surface area contributed by atoms with E-state index in [2.05, 4.69) is 14.7 Å². The molecule has 0 saturated carbocycles. The fourth-order valence-corrected chi connectivity index (χ4v) is 3.76. The Labute approximate surface area is 167 Å². The molecule has 0 aliphatic carbocycles. The van der Waals surface area contributed by atoms with E-state index in [4.69, 9.17) is 4.98 Å². The first kappa shape index (κ1) is 20.4. The molecule has 2 atom stereocenters. The predicted molar refractivity (Wildman–Crippen MR) is 112 cm³/mol. The largest absolute Gasteiger partial charge is 0.598 e. The SMILES string of the molecule is Cc1cc(C(C)N[S@+]([O-])C(C)(C)C)c2nc(-c3cncnc3)n(C)c(=O)c2c1. The van der Waals surface area contributed by atoms with Crippen molar-refractivity contribution in [2.75, 3.05) is 0 Å². The molecule has 1 aromatic carbocycles. The minimum atomic E-state index is -1.25. The Balaban J connectivity index is 2.21. The molecule has 1 unspecified atom stereocenters. The maximum atomic E-state index is 13.0. The highest BCUT2D eigenvalue weighted by molar-refractivity contribution is 7.90. The molecule has 0 spiro atoms. The van der Waals surface area contributed by atoms with E-state index in [0.717, 1.165) is 11.1 Å². The van der Waals surface area contributed by atoms with E-state index >= 15 is 0 Å². The Morgan fingerprint density at radius 2 is 1.86 bits per heavy atom. The number of hydrogen-bond acceptors (Lipinski definition) is 6. The minimum absolute atomic E-state index is 0.141. The molecule has 3 aromatic rings. The highest BCUT2D eigenvalue weighted by Crippen LogP contribution is 2.27. The van der Waals surface area contributed by atoms with Crippen LogP contribution in [-0.2, 0) is 18.4 Å². The number of aryl methyl sites for hydroxylation is 1. The molecule has 2 aromatic heterocycles. The lowest BCUT2D eigenvalue weighted by atomic mass is 10.0. The first-order valence-corrected chi connectivity index (χ1v) is 10.2. The maximum Gasteiger partial charge on any atom is 0.261 e. The second-order valence-electron chi connectivity index (χ2n) is 7.90. The zero-order chi connectivity index (χ0) is 20.6. The number of rotatable bonds is 4. The van der Waals surface area contributed by atoms with Crippen LogP contribution in [0.1, 0.15) is 44.9 Å². The zero-order valence-electron chi connectivity index (χ0n) is 17.0. The van der Waals surface area contributed by atoms with Gasteiger partial charge < -0.3 is 4.55 Å². The van der Waals surface area contributed by atoms with Crippen LogP contribution < -0.4 is 10.3 Å². The molecule has 7 nitrogen and oxygen atoms in total. The topological polar surface area (TPSA) is 95.8 Å². The third-order valence-electron chi connectivity index (χ3n) is 4.48. The molecule has 0 bridgehead atoms. The fraction of sp³-hybridized carbons (Fsp3) is 0.400. The molecule has 2 heterocycles. The predicted octanol–water partition coefficient (Wildman–Crippen LogP) is 2.81. The van der Waals surface area contributed by atoms with Crippen molar-refractivity contribution in [3.63, 3.8) is 0 Å². The van der Waals surface area contributed by atoms with E-state index in [1.54, 1.807) is 19.4 Å². The molecule has 0 amide bonds. The zero-order valence-corrected chi connectivity index (χ0v) is 17.8. The summed E-state index contributed by atoms with van der Waals surface area (Å²) in [7, 11) is 1.69. The van der Waals surface area contributed by atoms with Crippen molar-refractivity contribution in [3.8, 4) is 11.4 Å². The van der Waals surface area contributed by atoms with Gasteiger partial charge in [-0.2, -0.15) is 0 Å². The highest BCUT2D eigenvalue weighted by atomic mass is 32.2. The van der Waals surface area contributed by atoms with E-state index in [0.29, 0.717) is 22.3 Å². The molecule has 0 saturated heterocycles. The van der Waals surface area contributed by atoms with Crippen LogP contribution in [0.2, 0.25) is 0 Å². The lowest BCUT2D eigenvalue weighted by Gasteiger charge is -2.27. The molecule has 148 valence electrons. The second kappa shape index (κ2) is 7.62. The average molecular weight is 400 g/mol. The Kier molecular flexibility index (Phi) is 5.56. The van der Waals surface area contributed by atoms with E-state index in [1.165, 1.54) is 10.9 Å². The number of nitrogens with zero attached hydrogens (tertiary/aromatic N) is 4. The van der Waals surface area contributed by atoms with Crippen molar-refractivity contribution < 1.29 is 4.55 Å². The molecular weight excluding hydrogens is 374 g/mol. The van der Waals surface area contributed by atoms with Crippen molar-refractivity contribution in [1.82, 2.24) is 24.2 Å². The van der Waals surface area contributed by atoms with Gasteiger partial charge in [-0.15, -0.1) is 4.72 Å². The first-order chi connectivity index (χ1) is 13.1. The summed E-state index contributed by atoms with van der Waals surface area (Å²) in [6.07, 6.45) is 4.70.